The lowest BCUT2D eigenvalue weighted by molar-refractivity contribution is 0.232. The van der Waals surface area contributed by atoms with Crippen LogP contribution in [-0.4, -0.2) is 33.1 Å². The van der Waals surface area contributed by atoms with Gasteiger partial charge in [-0.25, -0.2) is 9.37 Å². The Morgan fingerprint density at radius 1 is 1.05 bits per heavy atom. The first-order chi connectivity index (χ1) is 17.8. The third kappa shape index (κ3) is 5.05. The van der Waals surface area contributed by atoms with Crippen LogP contribution in [0.1, 0.15) is 42.1 Å². The van der Waals surface area contributed by atoms with E-state index in [1.54, 1.807) is 12.4 Å². The number of hydrogen-bond donors (Lipinski definition) is 1. The monoisotopic (exact) mass is 517 g/mol. The minimum atomic E-state index is -0.687. The topological polar surface area (TPSA) is 76.7 Å². The molecule has 5 rings (SSSR count). The average molecular weight is 518 g/mol. The second kappa shape index (κ2) is 10.3. The number of aliphatic imine (C=N–C) groups is 1. The zero-order valence-electron chi connectivity index (χ0n) is 20.4. The fourth-order valence-electron chi connectivity index (χ4n) is 4.44. The fourth-order valence-corrected chi connectivity index (χ4v) is 4.63. The number of aromatic nitrogens is 2. The van der Waals surface area contributed by atoms with Gasteiger partial charge in [0.25, 0.3) is 5.56 Å². The van der Waals surface area contributed by atoms with Gasteiger partial charge in [-0.05, 0) is 66.4 Å². The van der Waals surface area contributed by atoms with Crippen LogP contribution in [0.25, 0.3) is 11.1 Å². The lowest BCUT2D eigenvalue weighted by atomic mass is 9.96. The average Bonchev–Trinajstić information content (AvgIpc) is 3.31. The molecule has 188 valence electrons. The number of nitrogens with zero attached hydrogens (tertiary/aromatic N) is 3. The molecule has 0 saturated heterocycles. The van der Waals surface area contributed by atoms with Crippen molar-refractivity contribution >= 4 is 17.3 Å². The molecule has 37 heavy (non-hydrogen) atoms. The normalized spacial score (nSPS) is 13.4. The van der Waals surface area contributed by atoms with Gasteiger partial charge in [0.05, 0.1) is 36.0 Å². The first-order valence-corrected chi connectivity index (χ1v) is 12.3. The Morgan fingerprint density at radius 3 is 2.51 bits per heavy atom. The highest BCUT2D eigenvalue weighted by molar-refractivity contribution is 6.30. The summed E-state index contributed by atoms with van der Waals surface area (Å²) >= 11 is 5.91. The number of rotatable bonds is 7. The zero-order chi connectivity index (χ0) is 26.1. The molecule has 0 amide bonds. The number of aliphatic hydroxyl groups is 1. The quantitative estimate of drug-likeness (QED) is 0.355. The molecule has 1 aliphatic rings. The van der Waals surface area contributed by atoms with E-state index in [4.69, 9.17) is 21.3 Å². The number of fused-ring (bicyclic) bond motifs is 1. The maximum Gasteiger partial charge on any atom is 0.251 e. The van der Waals surface area contributed by atoms with Crippen LogP contribution in [0.4, 0.5) is 4.39 Å². The summed E-state index contributed by atoms with van der Waals surface area (Å²) in [6.45, 7) is 4.15. The fraction of sp³-hybridized carbons (Fsp3) is 0.207. The summed E-state index contributed by atoms with van der Waals surface area (Å²) in [4.78, 5) is 22.2. The van der Waals surface area contributed by atoms with Crippen LogP contribution in [0.5, 0.6) is 5.88 Å². The van der Waals surface area contributed by atoms with Gasteiger partial charge in [-0.15, -0.1) is 0 Å². The summed E-state index contributed by atoms with van der Waals surface area (Å²) in [7, 11) is 0. The van der Waals surface area contributed by atoms with E-state index < -0.39 is 11.9 Å². The van der Waals surface area contributed by atoms with Crippen molar-refractivity contribution in [2.75, 3.05) is 6.61 Å². The van der Waals surface area contributed by atoms with E-state index in [0.29, 0.717) is 18.0 Å². The van der Waals surface area contributed by atoms with E-state index >= 15 is 0 Å². The molecular weight excluding hydrogens is 493 g/mol. The number of halogens is 2. The molecule has 2 aromatic heterocycles. The highest BCUT2D eigenvalue weighted by atomic mass is 35.5. The minimum absolute atomic E-state index is 0.0436. The van der Waals surface area contributed by atoms with Crippen molar-refractivity contribution in [1.29, 1.82) is 0 Å². The molecule has 3 heterocycles. The van der Waals surface area contributed by atoms with Crippen molar-refractivity contribution in [2.45, 2.75) is 32.5 Å². The van der Waals surface area contributed by atoms with Crippen molar-refractivity contribution in [2.24, 2.45) is 4.99 Å². The van der Waals surface area contributed by atoms with Crippen LogP contribution in [0.2, 0.25) is 5.02 Å². The van der Waals surface area contributed by atoms with Gasteiger partial charge < -0.3 is 14.4 Å². The zero-order valence-corrected chi connectivity index (χ0v) is 21.1. The molecule has 0 fully saturated rings. The van der Waals surface area contributed by atoms with Crippen molar-refractivity contribution in [1.82, 2.24) is 9.55 Å². The summed E-state index contributed by atoms with van der Waals surface area (Å²) in [5, 5.41) is 9.92. The molecule has 1 N–H and O–H groups in total. The number of benzene rings is 2. The number of hydrogen-bond acceptors (Lipinski definition) is 5. The molecule has 4 aromatic rings. The second-order valence-corrected chi connectivity index (χ2v) is 9.53. The highest BCUT2D eigenvalue weighted by Gasteiger charge is 2.20. The standard InChI is InChI=1S/C29H25ClFN3O3/c1-17(2)37-27-8-6-22(15-32-27)29-23-11-18(3-4-21(23)14-33-29)19-9-10-34(28(36)13-19)26(16-35)20-5-7-25(31)24(30)12-20/h3-13,15,17,26,35H,14,16H2,1-2H3/t26-/m1/s1. The molecule has 2 aromatic carbocycles. The van der Waals surface area contributed by atoms with Gasteiger partial charge in [0.15, 0.2) is 0 Å². The minimum Gasteiger partial charge on any atom is -0.475 e. The van der Waals surface area contributed by atoms with Gasteiger partial charge in [-0.1, -0.05) is 29.8 Å². The van der Waals surface area contributed by atoms with Crippen molar-refractivity contribution < 1.29 is 14.2 Å². The van der Waals surface area contributed by atoms with E-state index in [9.17, 15) is 14.3 Å². The van der Waals surface area contributed by atoms with Gasteiger partial charge in [-0.2, -0.15) is 0 Å². The predicted molar refractivity (Wildman–Crippen MR) is 142 cm³/mol. The number of ether oxygens (including phenoxy) is 1. The van der Waals surface area contributed by atoms with Crippen LogP contribution in [0.15, 0.2) is 82.8 Å². The lowest BCUT2D eigenvalue weighted by Gasteiger charge is -2.19. The van der Waals surface area contributed by atoms with Crippen LogP contribution >= 0.6 is 11.6 Å². The summed E-state index contributed by atoms with van der Waals surface area (Å²) < 4.78 is 20.7. The largest absolute Gasteiger partial charge is 0.475 e. The molecule has 6 nitrogen and oxygen atoms in total. The van der Waals surface area contributed by atoms with Crippen molar-refractivity contribution in [3.05, 3.63) is 117 Å². The highest BCUT2D eigenvalue weighted by Crippen LogP contribution is 2.29. The Hall–Kier alpha value is -3.81. The first kappa shape index (κ1) is 24.9. The van der Waals surface area contributed by atoms with Crippen LogP contribution in [0, 0.1) is 5.82 Å². The van der Waals surface area contributed by atoms with E-state index in [-0.39, 0.29) is 23.3 Å². The molecule has 0 aliphatic carbocycles. The molecule has 0 saturated carbocycles. The van der Waals surface area contributed by atoms with Crippen LogP contribution in [0.3, 0.4) is 0 Å². The Labute approximate surface area is 218 Å². The smallest absolute Gasteiger partial charge is 0.251 e. The summed E-state index contributed by atoms with van der Waals surface area (Å²) in [5.41, 5.74) is 5.70. The van der Waals surface area contributed by atoms with Gasteiger partial charge in [-0.3, -0.25) is 9.79 Å². The summed E-state index contributed by atoms with van der Waals surface area (Å²) in [5.74, 6) is 0.0101. The second-order valence-electron chi connectivity index (χ2n) is 9.12. The number of aliphatic hydroxyl groups excluding tert-OH is 1. The molecule has 0 spiro atoms. The molecule has 8 heteroatoms. The van der Waals surface area contributed by atoms with E-state index in [0.717, 1.165) is 33.5 Å². The third-order valence-electron chi connectivity index (χ3n) is 6.26. The van der Waals surface area contributed by atoms with Crippen LogP contribution < -0.4 is 10.3 Å². The van der Waals surface area contributed by atoms with E-state index in [1.807, 2.05) is 50.2 Å². The predicted octanol–water partition coefficient (Wildman–Crippen LogP) is 5.42. The summed E-state index contributed by atoms with van der Waals surface area (Å²) in [6.07, 6.45) is 3.44. The number of pyridine rings is 2. The Bertz CT molecular complexity index is 1550. The van der Waals surface area contributed by atoms with E-state index in [1.165, 1.54) is 28.8 Å². The van der Waals surface area contributed by atoms with Crippen LogP contribution in [-0.2, 0) is 6.54 Å². The summed E-state index contributed by atoms with van der Waals surface area (Å²) in [6, 6.07) is 16.6. The molecular formula is C29H25ClFN3O3. The third-order valence-corrected chi connectivity index (χ3v) is 6.55. The Balaban J connectivity index is 1.44. The molecule has 1 aliphatic heterocycles. The maximum atomic E-state index is 13.6. The lowest BCUT2D eigenvalue weighted by Crippen LogP contribution is -2.26. The van der Waals surface area contributed by atoms with Crippen molar-refractivity contribution in [3.63, 3.8) is 0 Å². The maximum absolute atomic E-state index is 13.6. The SMILES string of the molecule is CC(C)Oc1ccc(C2=NCc3ccc(-c4ccn([C@H](CO)c5ccc(F)c(Cl)c5)c(=O)c4)cc32)cn1. The van der Waals surface area contributed by atoms with Gasteiger partial charge in [0.1, 0.15) is 5.82 Å². The molecule has 1 atom stereocenters. The van der Waals surface area contributed by atoms with Gasteiger partial charge in [0.2, 0.25) is 5.88 Å². The van der Waals surface area contributed by atoms with E-state index in [2.05, 4.69) is 4.98 Å². The Morgan fingerprint density at radius 2 is 1.84 bits per heavy atom. The Kier molecular flexibility index (Phi) is 6.91. The molecule has 0 bridgehead atoms. The van der Waals surface area contributed by atoms with Gasteiger partial charge in [0, 0.05) is 35.7 Å². The molecule has 0 radical (unpaired) electrons. The van der Waals surface area contributed by atoms with Crippen molar-refractivity contribution in [3.8, 4) is 17.0 Å². The first-order valence-electron chi connectivity index (χ1n) is 11.9. The van der Waals surface area contributed by atoms with Gasteiger partial charge >= 0.3 is 0 Å². The molecule has 0 unspecified atom stereocenters.